The number of aromatic amines is 1. The normalized spacial score (nSPS) is 17.4. The molecular weight excluding hydrogens is 392 g/mol. The molecule has 0 radical (unpaired) electrons. The summed E-state index contributed by atoms with van der Waals surface area (Å²) in [5.41, 5.74) is 3.08. The lowest BCUT2D eigenvalue weighted by atomic mass is 9.97. The molecule has 5 nitrogen and oxygen atoms in total. The van der Waals surface area contributed by atoms with Gasteiger partial charge in [0.05, 0.1) is 17.0 Å². The van der Waals surface area contributed by atoms with Crippen LogP contribution in [0.25, 0.3) is 11.0 Å². The summed E-state index contributed by atoms with van der Waals surface area (Å²) in [5.74, 6) is 0.954. The summed E-state index contributed by atoms with van der Waals surface area (Å²) in [5, 5.41) is 3.08. The number of rotatable bonds is 4. The molecule has 0 spiro atoms. The second-order valence-corrected chi connectivity index (χ2v) is 7.53. The Morgan fingerprint density at radius 3 is 2.88 bits per heavy atom. The number of H-pyrrole nitrogens is 1. The first kappa shape index (κ1) is 17.1. The number of nitrogens with one attached hydrogen (secondary N) is 2. The number of para-hydroxylation sites is 2. The Kier molecular flexibility index (Phi) is 4.93. The molecule has 0 bridgehead atoms. The van der Waals surface area contributed by atoms with Crippen LogP contribution in [-0.4, -0.2) is 29.0 Å². The van der Waals surface area contributed by atoms with E-state index in [0.29, 0.717) is 13.1 Å². The number of benzene rings is 2. The maximum absolute atomic E-state index is 12.6. The summed E-state index contributed by atoms with van der Waals surface area (Å²) in [4.78, 5) is 22.9. The van der Waals surface area contributed by atoms with Crippen LogP contribution in [0.5, 0.6) is 0 Å². The average Bonchev–Trinajstić information content (AvgIpc) is 3.11. The van der Waals surface area contributed by atoms with Gasteiger partial charge in [0.25, 0.3) is 0 Å². The second kappa shape index (κ2) is 7.50. The minimum absolute atomic E-state index is 0.0144. The molecule has 0 unspecified atom stereocenters. The standard InChI is InChI=1S/C20H21BrN4O/c21-16-8-2-1-6-14(16)12-22-19(26)15-7-5-11-25(13-15)20-23-17-9-3-4-10-18(17)24-20/h1-4,6,8-10,15H,5,7,11-13H2,(H,22,26)(H,23,24)/t15-/m1/s1. The van der Waals surface area contributed by atoms with Gasteiger partial charge in [-0.05, 0) is 36.6 Å². The van der Waals surface area contributed by atoms with Gasteiger partial charge in [-0.25, -0.2) is 4.98 Å². The smallest absolute Gasteiger partial charge is 0.225 e. The molecule has 1 aromatic heterocycles. The highest BCUT2D eigenvalue weighted by Crippen LogP contribution is 2.24. The van der Waals surface area contributed by atoms with E-state index in [-0.39, 0.29) is 11.8 Å². The largest absolute Gasteiger partial charge is 0.352 e. The topological polar surface area (TPSA) is 61.0 Å². The lowest BCUT2D eigenvalue weighted by Gasteiger charge is -2.31. The maximum atomic E-state index is 12.6. The van der Waals surface area contributed by atoms with Crippen LogP contribution >= 0.6 is 15.9 Å². The molecule has 2 heterocycles. The van der Waals surface area contributed by atoms with E-state index in [0.717, 1.165) is 46.4 Å². The lowest BCUT2D eigenvalue weighted by molar-refractivity contribution is -0.125. The number of piperidine rings is 1. The first-order chi connectivity index (χ1) is 12.7. The number of amides is 1. The van der Waals surface area contributed by atoms with Gasteiger partial charge in [-0.3, -0.25) is 4.79 Å². The van der Waals surface area contributed by atoms with Gasteiger partial charge in [-0.15, -0.1) is 0 Å². The molecule has 2 N–H and O–H groups in total. The molecule has 0 saturated carbocycles. The molecule has 3 aromatic rings. The highest BCUT2D eigenvalue weighted by atomic mass is 79.9. The average molecular weight is 413 g/mol. The van der Waals surface area contributed by atoms with Crippen molar-refractivity contribution in [3.63, 3.8) is 0 Å². The second-order valence-electron chi connectivity index (χ2n) is 6.67. The molecule has 6 heteroatoms. The number of carbonyl (C=O) groups is 1. The van der Waals surface area contributed by atoms with E-state index in [4.69, 9.17) is 0 Å². The number of imidazole rings is 1. The van der Waals surface area contributed by atoms with Gasteiger partial charge in [0.1, 0.15) is 0 Å². The summed E-state index contributed by atoms with van der Waals surface area (Å²) >= 11 is 3.53. The monoisotopic (exact) mass is 412 g/mol. The third kappa shape index (κ3) is 3.60. The third-order valence-corrected chi connectivity index (χ3v) is 5.65. The first-order valence-electron chi connectivity index (χ1n) is 8.91. The number of carbonyl (C=O) groups excluding carboxylic acids is 1. The number of nitrogens with zero attached hydrogens (tertiary/aromatic N) is 2. The number of hydrogen-bond donors (Lipinski definition) is 2. The van der Waals surface area contributed by atoms with Crippen molar-refractivity contribution in [1.29, 1.82) is 0 Å². The van der Waals surface area contributed by atoms with E-state index in [1.165, 1.54) is 0 Å². The molecule has 1 aliphatic rings. The van der Waals surface area contributed by atoms with Crippen LogP contribution in [0, 0.1) is 5.92 Å². The van der Waals surface area contributed by atoms with Gasteiger partial charge >= 0.3 is 0 Å². The molecule has 1 fully saturated rings. The first-order valence-corrected chi connectivity index (χ1v) is 9.71. The van der Waals surface area contributed by atoms with E-state index in [2.05, 4.69) is 36.1 Å². The van der Waals surface area contributed by atoms with Gasteiger partial charge in [0.2, 0.25) is 11.9 Å². The van der Waals surface area contributed by atoms with Crippen molar-refractivity contribution in [3.8, 4) is 0 Å². The van der Waals surface area contributed by atoms with Crippen LogP contribution in [-0.2, 0) is 11.3 Å². The van der Waals surface area contributed by atoms with E-state index in [9.17, 15) is 4.79 Å². The summed E-state index contributed by atoms with van der Waals surface area (Å²) in [7, 11) is 0. The van der Waals surface area contributed by atoms with Crippen LogP contribution in [0.3, 0.4) is 0 Å². The van der Waals surface area contributed by atoms with E-state index >= 15 is 0 Å². The zero-order valence-corrected chi connectivity index (χ0v) is 16.0. The van der Waals surface area contributed by atoms with Gasteiger partial charge in [-0.1, -0.05) is 46.3 Å². The quantitative estimate of drug-likeness (QED) is 0.683. The zero-order valence-electron chi connectivity index (χ0n) is 14.4. The van der Waals surface area contributed by atoms with Gasteiger partial charge < -0.3 is 15.2 Å². The van der Waals surface area contributed by atoms with Gasteiger partial charge in [0, 0.05) is 24.1 Å². The molecule has 26 heavy (non-hydrogen) atoms. The molecule has 134 valence electrons. The number of fused-ring (bicyclic) bond motifs is 1. The van der Waals surface area contributed by atoms with Crippen molar-refractivity contribution >= 4 is 38.8 Å². The number of aromatic nitrogens is 2. The number of halogens is 1. The maximum Gasteiger partial charge on any atom is 0.225 e. The Balaban J connectivity index is 1.41. The fourth-order valence-electron chi connectivity index (χ4n) is 3.44. The summed E-state index contributed by atoms with van der Waals surface area (Å²) in [6, 6.07) is 16.0. The van der Waals surface area contributed by atoms with Crippen LogP contribution in [0.2, 0.25) is 0 Å². The third-order valence-electron chi connectivity index (χ3n) is 4.88. The molecule has 4 rings (SSSR count). The molecule has 0 aliphatic carbocycles. The van der Waals surface area contributed by atoms with E-state index in [1.54, 1.807) is 0 Å². The number of hydrogen-bond acceptors (Lipinski definition) is 3. The Hall–Kier alpha value is -2.34. The predicted molar refractivity (Wildman–Crippen MR) is 107 cm³/mol. The van der Waals surface area contributed by atoms with Crippen LogP contribution in [0.1, 0.15) is 18.4 Å². The molecule has 1 atom stereocenters. The van der Waals surface area contributed by atoms with Crippen molar-refractivity contribution in [2.45, 2.75) is 19.4 Å². The summed E-state index contributed by atoms with van der Waals surface area (Å²) < 4.78 is 1.02. The minimum Gasteiger partial charge on any atom is -0.352 e. The molecule has 1 saturated heterocycles. The Labute approximate surface area is 160 Å². The highest BCUT2D eigenvalue weighted by molar-refractivity contribution is 9.10. The van der Waals surface area contributed by atoms with Crippen LogP contribution in [0.4, 0.5) is 5.95 Å². The van der Waals surface area contributed by atoms with Crippen LogP contribution in [0.15, 0.2) is 53.0 Å². The Morgan fingerprint density at radius 1 is 1.23 bits per heavy atom. The lowest BCUT2D eigenvalue weighted by Crippen LogP contribution is -2.43. The van der Waals surface area contributed by atoms with Crippen molar-refractivity contribution in [3.05, 3.63) is 58.6 Å². The molecule has 1 aliphatic heterocycles. The SMILES string of the molecule is O=C(NCc1ccccc1Br)[C@@H]1CCCN(c2nc3ccccc3[nH]2)C1. The van der Waals surface area contributed by atoms with Crippen molar-refractivity contribution < 1.29 is 4.79 Å². The minimum atomic E-state index is -0.0144. The van der Waals surface area contributed by atoms with Crippen molar-refractivity contribution in [2.75, 3.05) is 18.0 Å². The molecular formula is C20H21BrN4O. The fraction of sp³-hybridized carbons (Fsp3) is 0.300. The summed E-state index contributed by atoms with van der Waals surface area (Å²) in [6.07, 6.45) is 1.91. The van der Waals surface area contributed by atoms with Crippen LogP contribution < -0.4 is 10.2 Å². The van der Waals surface area contributed by atoms with Crippen molar-refractivity contribution in [2.24, 2.45) is 5.92 Å². The van der Waals surface area contributed by atoms with E-state index < -0.39 is 0 Å². The molecule has 2 aromatic carbocycles. The fourth-order valence-corrected chi connectivity index (χ4v) is 3.87. The van der Waals surface area contributed by atoms with Crippen molar-refractivity contribution in [1.82, 2.24) is 15.3 Å². The Morgan fingerprint density at radius 2 is 2.04 bits per heavy atom. The number of anilines is 1. The predicted octanol–water partition coefficient (Wildman–Crippen LogP) is 3.86. The molecule has 1 amide bonds. The van der Waals surface area contributed by atoms with Gasteiger partial charge in [-0.2, -0.15) is 0 Å². The van der Waals surface area contributed by atoms with E-state index in [1.807, 2.05) is 48.5 Å². The zero-order chi connectivity index (χ0) is 17.9. The van der Waals surface area contributed by atoms with Gasteiger partial charge in [0.15, 0.2) is 0 Å². The highest BCUT2D eigenvalue weighted by Gasteiger charge is 2.27. The summed E-state index contributed by atoms with van der Waals surface area (Å²) in [6.45, 7) is 2.16. The Bertz CT molecular complexity index is 890.